The molecule has 1 heterocycles. The van der Waals surface area contributed by atoms with Gasteiger partial charge in [-0.25, -0.2) is 0 Å². The van der Waals surface area contributed by atoms with Gasteiger partial charge in [-0.1, -0.05) is 18.2 Å². The first-order valence-corrected chi connectivity index (χ1v) is 7.60. The van der Waals surface area contributed by atoms with Crippen molar-refractivity contribution < 1.29 is 23.7 Å². The number of carbonyl (C=O) groups excluding carboxylic acids is 1. The van der Waals surface area contributed by atoms with Crippen LogP contribution in [0.15, 0.2) is 42.5 Å². The first kappa shape index (κ1) is 16.0. The molecule has 2 aromatic rings. The van der Waals surface area contributed by atoms with Crippen LogP contribution in [0, 0.1) is 0 Å². The van der Waals surface area contributed by atoms with E-state index in [2.05, 4.69) is 5.32 Å². The van der Waals surface area contributed by atoms with Gasteiger partial charge in [0.25, 0.3) is 5.91 Å². The number of methoxy groups -OCH3 is 2. The summed E-state index contributed by atoms with van der Waals surface area (Å²) in [6.45, 7) is 0.689. The van der Waals surface area contributed by atoms with E-state index in [0.29, 0.717) is 41.7 Å². The Morgan fingerprint density at radius 2 is 1.75 bits per heavy atom. The van der Waals surface area contributed by atoms with Gasteiger partial charge < -0.3 is 24.3 Å². The number of para-hydroxylation sites is 2. The zero-order chi connectivity index (χ0) is 16.9. The van der Waals surface area contributed by atoms with Crippen LogP contribution in [0.3, 0.4) is 0 Å². The van der Waals surface area contributed by atoms with Gasteiger partial charge in [-0.15, -0.1) is 0 Å². The highest BCUT2D eigenvalue weighted by atomic mass is 16.6. The summed E-state index contributed by atoms with van der Waals surface area (Å²) < 4.78 is 22.0. The van der Waals surface area contributed by atoms with Crippen molar-refractivity contribution >= 4 is 5.91 Å². The van der Waals surface area contributed by atoms with Crippen LogP contribution in [-0.2, 0) is 0 Å². The van der Waals surface area contributed by atoms with Crippen LogP contribution in [-0.4, -0.2) is 39.4 Å². The zero-order valence-electron chi connectivity index (χ0n) is 13.6. The van der Waals surface area contributed by atoms with Gasteiger partial charge in [0.1, 0.15) is 29.8 Å². The van der Waals surface area contributed by atoms with E-state index in [1.54, 1.807) is 18.2 Å². The zero-order valence-corrected chi connectivity index (χ0v) is 13.6. The number of ether oxygens (including phenoxy) is 4. The van der Waals surface area contributed by atoms with Gasteiger partial charge in [-0.3, -0.25) is 4.79 Å². The maximum atomic E-state index is 12.5. The monoisotopic (exact) mass is 329 g/mol. The Morgan fingerprint density at radius 3 is 2.42 bits per heavy atom. The van der Waals surface area contributed by atoms with Crippen molar-refractivity contribution in [3.05, 3.63) is 48.0 Å². The van der Waals surface area contributed by atoms with E-state index < -0.39 is 0 Å². The van der Waals surface area contributed by atoms with Crippen LogP contribution in [0.2, 0.25) is 0 Å². The molecular weight excluding hydrogens is 310 g/mol. The average Bonchev–Trinajstić information content (AvgIpc) is 2.65. The normalized spacial score (nSPS) is 15.5. The highest BCUT2D eigenvalue weighted by Crippen LogP contribution is 2.31. The van der Waals surface area contributed by atoms with Crippen molar-refractivity contribution in [1.82, 2.24) is 5.32 Å². The Bertz CT molecular complexity index is 709. The SMILES string of the molecule is COc1cccc(OC)c1C(=O)NCC1COc2ccccc2O1. The molecule has 0 saturated heterocycles. The van der Waals surface area contributed by atoms with Gasteiger partial charge in [0, 0.05) is 0 Å². The number of carbonyl (C=O) groups is 1. The Balaban J connectivity index is 1.67. The van der Waals surface area contributed by atoms with E-state index >= 15 is 0 Å². The molecule has 2 aromatic carbocycles. The van der Waals surface area contributed by atoms with E-state index in [1.165, 1.54) is 14.2 Å². The molecule has 24 heavy (non-hydrogen) atoms. The third-order valence-electron chi connectivity index (χ3n) is 3.71. The molecule has 0 spiro atoms. The molecule has 0 aliphatic carbocycles. The van der Waals surface area contributed by atoms with E-state index in [9.17, 15) is 4.79 Å². The molecular formula is C18H19NO5. The molecule has 1 N–H and O–H groups in total. The van der Waals surface area contributed by atoms with Crippen molar-refractivity contribution in [3.8, 4) is 23.0 Å². The van der Waals surface area contributed by atoms with Crippen molar-refractivity contribution in [1.29, 1.82) is 0 Å². The molecule has 1 aliphatic rings. The van der Waals surface area contributed by atoms with E-state index in [-0.39, 0.29) is 12.0 Å². The minimum atomic E-state index is -0.285. The number of hydrogen-bond donors (Lipinski definition) is 1. The third-order valence-corrected chi connectivity index (χ3v) is 3.71. The molecule has 0 saturated carbocycles. The molecule has 3 rings (SSSR count). The van der Waals surface area contributed by atoms with E-state index in [4.69, 9.17) is 18.9 Å². The number of fused-ring (bicyclic) bond motifs is 1. The Morgan fingerprint density at radius 1 is 1.08 bits per heavy atom. The fourth-order valence-corrected chi connectivity index (χ4v) is 2.53. The molecule has 126 valence electrons. The lowest BCUT2D eigenvalue weighted by Crippen LogP contribution is -2.40. The van der Waals surface area contributed by atoms with Gasteiger partial charge in [-0.2, -0.15) is 0 Å². The van der Waals surface area contributed by atoms with Gasteiger partial charge >= 0.3 is 0 Å². The highest BCUT2D eigenvalue weighted by Gasteiger charge is 2.23. The Hall–Kier alpha value is -2.89. The second-order valence-electron chi connectivity index (χ2n) is 5.25. The predicted octanol–water partition coefficient (Wildman–Crippen LogP) is 2.27. The van der Waals surface area contributed by atoms with Crippen molar-refractivity contribution in [3.63, 3.8) is 0 Å². The maximum Gasteiger partial charge on any atom is 0.258 e. The second kappa shape index (κ2) is 7.12. The number of hydrogen-bond acceptors (Lipinski definition) is 5. The lowest BCUT2D eigenvalue weighted by molar-refractivity contribution is 0.0786. The topological polar surface area (TPSA) is 66.0 Å². The van der Waals surface area contributed by atoms with Gasteiger partial charge in [-0.05, 0) is 24.3 Å². The van der Waals surface area contributed by atoms with Crippen LogP contribution in [0.1, 0.15) is 10.4 Å². The minimum Gasteiger partial charge on any atom is -0.496 e. The molecule has 0 aromatic heterocycles. The van der Waals surface area contributed by atoms with Crippen LogP contribution < -0.4 is 24.3 Å². The number of nitrogens with one attached hydrogen (secondary N) is 1. The quantitative estimate of drug-likeness (QED) is 0.911. The summed E-state index contributed by atoms with van der Waals surface area (Å²) in [7, 11) is 3.03. The average molecular weight is 329 g/mol. The Kier molecular flexibility index (Phi) is 4.74. The first-order valence-electron chi connectivity index (χ1n) is 7.60. The van der Waals surface area contributed by atoms with Crippen molar-refractivity contribution in [2.45, 2.75) is 6.10 Å². The number of rotatable bonds is 5. The lowest BCUT2D eigenvalue weighted by atomic mass is 10.1. The van der Waals surface area contributed by atoms with E-state index in [1.807, 2.05) is 24.3 Å². The molecule has 0 bridgehead atoms. The fourth-order valence-electron chi connectivity index (χ4n) is 2.53. The molecule has 1 atom stereocenters. The molecule has 6 nitrogen and oxygen atoms in total. The first-order chi connectivity index (χ1) is 11.7. The van der Waals surface area contributed by atoms with Crippen LogP contribution in [0.5, 0.6) is 23.0 Å². The summed E-state index contributed by atoms with van der Waals surface area (Å²) in [5.41, 5.74) is 0.361. The van der Waals surface area contributed by atoms with Gasteiger partial charge in [0.2, 0.25) is 0 Å². The summed E-state index contributed by atoms with van der Waals surface area (Å²) in [6, 6.07) is 12.7. The second-order valence-corrected chi connectivity index (χ2v) is 5.25. The summed E-state index contributed by atoms with van der Waals surface area (Å²) in [5.74, 6) is 2.02. The summed E-state index contributed by atoms with van der Waals surface area (Å²) >= 11 is 0. The van der Waals surface area contributed by atoms with Crippen LogP contribution >= 0.6 is 0 Å². The minimum absolute atomic E-state index is 0.260. The third kappa shape index (κ3) is 3.22. The van der Waals surface area contributed by atoms with Crippen LogP contribution in [0.25, 0.3) is 0 Å². The van der Waals surface area contributed by atoms with Crippen LogP contribution in [0.4, 0.5) is 0 Å². The highest BCUT2D eigenvalue weighted by molar-refractivity contribution is 5.99. The summed E-state index contributed by atoms with van der Waals surface area (Å²) in [4.78, 5) is 12.5. The molecule has 0 radical (unpaired) electrons. The lowest BCUT2D eigenvalue weighted by Gasteiger charge is -2.26. The standard InChI is InChI=1S/C18H19NO5/c1-21-15-8-5-9-16(22-2)17(15)18(20)19-10-12-11-23-13-6-3-4-7-14(13)24-12/h3-9,12H,10-11H2,1-2H3,(H,19,20). The van der Waals surface area contributed by atoms with Crippen molar-refractivity contribution in [2.75, 3.05) is 27.4 Å². The predicted molar refractivity (Wildman–Crippen MR) is 88.2 cm³/mol. The Labute approximate surface area is 140 Å². The molecule has 1 amide bonds. The maximum absolute atomic E-state index is 12.5. The largest absolute Gasteiger partial charge is 0.496 e. The molecule has 1 aliphatic heterocycles. The smallest absolute Gasteiger partial charge is 0.258 e. The number of amides is 1. The van der Waals surface area contributed by atoms with E-state index in [0.717, 1.165) is 0 Å². The van der Waals surface area contributed by atoms with Crippen molar-refractivity contribution in [2.24, 2.45) is 0 Å². The molecule has 6 heteroatoms. The number of benzene rings is 2. The summed E-state index contributed by atoms with van der Waals surface area (Å²) in [6.07, 6.45) is -0.260. The molecule has 1 unspecified atom stereocenters. The molecule has 0 fully saturated rings. The fraction of sp³-hybridized carbons (Fsp3) is 0.278. The summed E-state index contributed by atoms with van der Waals surface area (Å²) in [5, 5.41) is 2.84. The van der Waals surface area contributed by atoms with Gasteiger partial charge in [0.15, 0.2) is 11.5 Å². The van der Waals surface area contributed by atoms with Gasteiger partial charge in [0.05, 0.1) is 20.8 Å².